The quantitative estimate of drug-likeness (QED) is 0.620. The first kappa shape index (κ1) is 17.9. The predicted octanol–water partition coefficient (Wildman–Crippen LogP) is 4.37. The summed E-state index contributed by atoms with van der Waals surface area (Å²) in [6.45, 7) is 4.21. The lowest BCUT2D eigenvalue weighted by Crippen LogP contribution is -2.04. The Kier molecular flexibility index (Phi) is 5.46. The van der Waals surface area contributed by atoms with Crippen LogP contribution in [0.4, 0.5) is 0 Å². The number of aryl methyl sites for hydroxylation is 2. The Labute approximate surface area is 153 Å². The first-order valence-electron chi connectivity index (χ1n) is 8.85. The van der Waals surface area contributed by atoms with E-state index in [-0.39, 0.29) is 5.97 Å². The predicted molar refractivity (Wildman–Crippen MR) is 101 cm³/mol. The number of methoxy groups -OCH3 is 1. The molecular weight excluding hydrogens is 326 g/mol. The molecule has 0 radical (unpaired) electrons. The van der Waals surface area contributed by atoms with Crippen molar-refractivity contribution in [3.8, 4) is 16.9 Å². The second kappa shape index (κ2) is 7.95. The first-order valence-corrected chi connectivity index (χ1v) is 8.85. The van der Waals surface area contributed by atoms with Crippen molar-refractivity contribution in [2.75, 3.05) is 7.11 Å². The maximum absolute atomic E-state index is 11.9. The normalized spacial score (nSPS) is 10.7. The van der Waals surface area contributed by atoms with Gasteiger partial charge in [-0.2, -0.15) is 0 Å². The lowest BCUT2D eigenvalue weighted by atomic mass is 10.0. The largest absolute Gasteiger partial charge is 0.465 e. The van der Waals surface area contributed by atoms with Crippen LogP contribution in [0.3, 0.4) is 0 Å². The molecule has 0 unspecified atom stereocenters. The number of benzene rings is 2. The average molecular weight is 349 g/mol. The molecule has 1 aromatic heterocycles. The number of rotatable bonds is 6. The van der Waals surface area contributed by atoms with Crippen LogP contribution in [0.15, 0.2) is 48.5 Å². The van der Waals surface area contributed by atoms with Crippen molar-refractivity contribution in [3.05, 3.63) is 65.4 Å². The summed E-state index contributed by atoms with van der Waals surface area (Å²) in [6, 6.07) is 15.5. The molecule has 0 aliphatic carbocycles. The highest BCUT2D eigenvalue weighted by Gasteiger charge is 2.18. The van der Waals surface area contributed by atoms with Crippen molar-refractivity contribution in [2.45, 2.75) is 33.1 Å². The number of ether oxygens (including phenoxy) is 1. The highest BCUT2D eigenvalue weighted by molar-refractivity contribution is 5.91. The SMILES string of the molecule is CCCCc1nnn(-c2ccccc2C)c1-c1cccc(C(=O)OC)c1. The van der Waals surface area contributed by atoms with E-state index in [1.54, 1.807) is 6.07 Å². The van der Waals surface area contributed by atoms with Crippen LogP contribution >= 0.6 is 0 Å². The molecular formula is C21H23N3O2. The van der Waals surface area contributed by atoms with Gasteiger partial charge in [0.15, 0.2) is 0 Å². The van der Waals surface area contributed by atoms with Crippen LogP contribution < -0.4 is 0 Å². The highest BCUT2D eigenvalue weighted by Crippen LogP contribution is 2.28. The van der Waals surface area contributed by atoms with Crippen LogP contribution in [-0.2, 0) is 11.2 Å². The third-order valence-corrected chi connectivity index (χ3v) is 4.41. The van der Waals surface area contributed by atoms with E-state index < -0.39 is 0 Å². The number of nitrogens with zero attached hydrogens (tertiary/aromatic N) is 3. The summed E-state index contributed by atoms with van der Waals surface area (Å²) in [6.07, 6.45) is 2.97. The second-order valence-electron chi connectivity index (χ2n) is 6.26. The van der Waals surface area contributed by atoms with Gasteiger partial charge in [-0.1, -0.05) is 48.9 Å². The van der Waals surface area contributed by atoms with Crippen LogP contribution in [-0.4, -0.2) is 28.1 Å². The molecule has 0 atom stereocenters. The van der Waals surface area contributed by atoms with E-state index in [1.807, 2.05) is 41.1 Å². The van der Waals surface area contributed by atoms with Crippen LogP contribution in [0.2, 0.25) is 0 Å². The summed E-state index contributed by atoms with van der Waals surface area (Å²) in [4.78, 5) is 11.9. The zero-order valence-electron chi connectivity index (χ0n) is 15.4. The third kappa shape index (κ3) is 3.52. The van der Waals surface area contributed by atoms with Gasteiger partial charge < -0.3 is 4.74 Å². The molecule has 0 aliphatic rings. The number of carbonyl (C=O) groups excluding carboxylic acids is 1. The number of unbranched alkanes of at least 4 members (excludes halogenated alkanes) is 1. The smallest absolute Gasteiger partial charge is 0.337 e. The van der Waals surface area contributed by atoms with Crippen molar-refractivity contribution in [1.29, 1.82) is 0 Å². The summed E-state index contributed by atoms with van der Waals surface area (Å²) in [7, 11) is 1.39. The molecule has 5 heteroatoms. The topological polar surface area (TPSA) is 57.0 Å². The number of hydrogen-bond acceptors (Lipinski definition) is 4. The summed E-state index contributed by atoms with van der Waals surface area (Å²) >= 11 is 0. The van der Waals surface area contributed by atoms with Crippen LogP contribution in [0.1, 0.15) is 41.4 Å². The van der Waals surface area contributed by atoms with Crippen LogP contribution in [0, 0.1) is 6.92 Å². The minimum atomic E-state index is -0.350. The van der Waals surface area contributed by atoms with Crippen molar-refractivity contribution in [3.63, 3.8) is 0 Å². The summed E-state index contributed by atoms with van der Waals surface area (Å²) in [5, 5.41) is 8.86. The fourth-order valence-corrected chi connectivity index (χ4v) is 3.00. The van der Waals surface area contributed by atoms with Gasteiger partial charge in [-0.05, 0) is 43.5 Å². The first-order chi connectivity index (χ1) is 12.7. The number of esters is 1. The molecule has 2 aromatic carbocycles. The molecule has 0 amide bonds. The van der Waals surface area contributed by atoms with E-state index in [0.717, 1.165) is 47.5 Å². The molecule has 3 rings (SSSR count). The Bertz CT molecular complexity index is 915. The maximum Gasteiger partial charge on any atom is 0.337 e. The molecule has 0 spiro atoms. The second-order valence-corrected chi connectivity index (χ2v) is 6.26. The number of carbonyl (C=O) groups is 1. The average Bonchev–Trinajstić information content (AvgIpc) is 3.09. The molecule has 0 aliphatic heterocycles. The van der Waals surface area contributed by atoms with E-state index in [2.05, 4.69) is 30.2 Å². The van der Waals surface area contributed by atoms with Gasteiger partial charge in [-0.15, -0.1) is 5.10 Å². The molecule has 134 valence electrons. The van der Waals surface area contributed by atoms with Gasteiger partial charge in [0.1, 0.15) is 0 Å². The fraction of sp³-hybridized carbons (Fsp3) is 0.286. The summed E-state index contributed by atoms with van der Waals surface area (Å²) in [5.74, 6) is -0.350. The van der Waals surface area contributed by atoms with E-state index in [1.165, 1.54) is 7.11 Å². The van der Waals surface area contributed by atoms with Crippen molar-refractivity contribution in [1.82, 2.24) is 15.0 Å². The molecule has 5 nitrogen and oxygen atoms in total. The van der Waals surface area contributed by atoms with Gasteiger partial charge in [-0.3, -0.25) is 0 Å². The Balaban J connectivity index is 2.16. The minimum Gasteiger partial charge on any atom is -0.465 e. The molecule has 26 heavy (non-hydrogen) atoms. The number of hydrogen-bond donors (Lipinski definition) is 0. The van der Waals surface area contributed by atoms with Gasteiger partial charge >= 0.3 is 5.97 Å². The Morgan fingerprint density at radius 1 is 1.15 bits per heavy atom. The van der Waals surface area contributed by atoms with Crippen LogP contribution in [0.25, 0.3) is 16.9 Å². The Morgan fingerprint density at radius 2 is 1.96 bits per heavy atom. The van der Waals surface area contributed by atoms with E-state index in [4.69, 9.17) is 4.74 Å². The molecule has 0 saturated carbocycles. The Hall–Kier alpha value is -2.95. The molecule has 0 N–H and O–H groups in total. The Morgan fingerprint density at radius 3 is 2.69 bits per heavy atom. The van der Waals surface area contributed by atoms with E-state index in [0.29, 0.717) is 5.56 Å². The number of aromatic nitrogens is 3. The fourth-order valence-electron chi connectivity index (χ4n) is 3.00. The van der Waals surface area contributed by atoms with Gasteiger partial charge in [0.05, 0.1) is 29.7 Å². The summed E-state index contributed by atoms with van der Waals surface area (Å²) < 4.78 is 6.73. The van der Waals surface area contributed by atoms with E-state index >= 15 is 0 Å². The van der Waals surface area contributed by atoms with Gasteiger partial charge in [-0.25, -0.2) is 9.48 Å². The minimum absolute atomic E-state index is 0.350. The van der Waals surface area contributed by atoms with Crippen molar-refractivity contribution >= 4 is 5.97 Å². The standard InChI is InChI=1S/C21H23N3O2/c1-4-5-12-18-20(16-10-8-11-17(14-16)21(25)26-3)24(23-22-18)19-13-7-6-9-15(19)2/h6-11,13-14H,4-5,12H2,1-3H3. The molecule has 0 saturated heterocycles. The monoisotopic (exact) mass is 349 g/mol. The van der Waals surface area contributed by atoms with Crippen LogP contribution in [0.5, 0.6) is 0 Å². The van der Waals surface area contributed by atoms with Gasteiger partial charge in [0, 0.05) is 5.56 Å². The molecule has 0 fully saturated rings. The lowest BCUT2D eigenvalue weighted by Gasteiger charge is -2.11. The third-order valence-electron chi connectivity index (χ3n) is 4.41. The molecule has 0 bridgehead atoms. The van der Waals surface area contributed by atoms with Crippen molar-refractivity contribution in [2.24, 2.45) is 0 Å². The molecule has 1 heterocycles. The zero-order chi connectivity index (χ0) is 18.5. The summed E-state index contributed by atoms with van der Waals surface area (Å²) in [5.41, 5.74) is 5.40. The maximum atomic E-state index is 11.9. The van der Waals surface area contributed by atoms with Gasteiger partial charge in [0.25, 0.3) is 0 Å². The van der Waals surface area contributed by atoms with Crippen molar-refractivity contribution < 1.29 is 9.53 Å². The molecule has 3 aromatic rings. The lowest BCUT2D eigenvalue weighted by molar-refractivity contribution is 0.0601. The highest BCUT2D eigenvalue weighted by atomic mass is 16.5. The number of para-hydroxylation sites is 1. The zero-order valence-corrected chi connectivity index (χ0v) is 15.4. The van der Waals surface area contributed by atoms with Gasteiger partial charge in [0.2, 0.25) is 0 Å². The van der Waals surface area contributed by atoms with E-state index in [9.17, 15) is 4.79 Å².